The predicted molar refractivity (Wildman–Crippen MR) is 88.5 cm³/mol. The van der Waals surface area contributed by atoms with Crippen LogP contribution in [-0.2, 0) is 6.54 Å². The molecule has 4 nitrogen and oxygen atoms in total. The van der Waals surface area contributed by atoms with Crippen molar-refractivity contribution in [2.24, 2.45) is 0 Å². The van der Waals surface area contributed by atoms with Crippen LogP contribution in [0.15, 0.2) is 48.7 Å². The van der Waals surface area contributed by atoms with Crippen LogP contribution in [0, 0.1) is 6.92 Å². The molecule has 3 rings (SSSR count). The summed E-state index contributed by atoms with van der Waals surface area (Å²) in [5.74, 6) is 1.07. The summed E-state index contributed by atoms with van der Waals surface area (Å²) >= 11 is 0. The number of nitrogens with one attached hydrogen (secondary N) is 1. The number of aryl methyl sites for hydroxylation is 1. The first-order valence-electron chi connectivity index (χ1n) is 7.12. The Bertz CT molecular complexity index is 798. The van der Waals surface area contributed by atoms with Crippen LogP contribution in [0.5, 0.6) is 11.5 Å². The maximum atomic E-state index is 9.34. The van der Waals surface area contributed by atoms with Crippen LogP contribution in [0.25, 0.3) is 10.9 Å². The minimum Gasteiger partial charge on any atom is -0.508 e. The van der Waals surface area contributed by atoms with Gasteiger partial charge in [-0.2, -0.15) is 0 Å². The van der Waals surface area contributed by atoms with Crippen molar-refractivity contribution < 1.29 is 9.84 Å². The summed E-state index contributed by atoms with van der Waals surface area (Å²) in [7, 11) is 1.66. The fourth-order valence-electron chi connectivity index (χ4n) is 2.42. The van der Waals surface area contributed by atoms with Gasteiger partial charge in [0.05, 0.1) is 18.3 Å². The standard InChI is InChI=1S/C18H18N2O2/c1-12-7-8-19-18-16(12)9-15(22-2)10-17(18)20-11-13-3-5-14(21)6-4-13/h3-10,20-21H,11H2,1-2H3. The van der Waals surface area contributed by atoms with Crippen molar-refractivity contribution in [2.75, 3.05) is 12.4 Å². The molecule has 0 bridgehead atoms. The van der Waals surface area contributed by atoms with Crippen LogP contribution >= 0.6 is 0 Å². The molecule has 4 heteroatoms. The maximum Gasteiger partial charge on any atom is 0.121 e. The monoisotopic (exact) mass is 294 g/mol. The Balaban J connectivity index is 1.95. The summed E-state index contributed by atoms with van der Waals surface area (Å²) in [5, 5.41) is 13.8. The number of hydrogen-bond acceptors (Lipinski definition) is 4. The Morgan fingerprint density at radius 1 is 1.14 bits per heavy atom. The van der Waals surface area contributed by atoms with Crippen LogP contribution < -0.4 is 10.1 Å². The number of phenolic OH excluding ortho intramolecular Hbond substituents is 1. The van der Waals surface area contributed by atoms with Crippen molar-refractivity contribution in [3.8, 4) is 11.5 Å². The van der Waals surface area contributed by atoms with E-state index in [0.717, 1.165) is 33.5 Å². The molecule has 0 spiro atoms. The smallest absolute Gasteiger partial charge is 0.121 e. The van der Waals surface area contributed by atoms with Crippen LogP contribution in [0.4, 0.5) is 5.69 Å². The number of aromatic hydroxyl groups is 1. The Morgan fingerprint density at radius 2 is 1.91 bits per heavy atom. The molecular weight excluding hydrogens is 276 g/mol. The molecule has 0 unspecified atom stereocenters. The number of pyridine rings is 1. The SMILES string of the molecule is COc1cc(NCc2ccc(O)cc2)c2nccc(C)c2c1. The second-order valence-electron chi connectivity index (χ2n) is 5.22. The molecule has 0 amide bonds. The topological polar surface area (TPSA) is 54.4 Å². The van der Waals surface area contributed by atoms with Crippen molar-refractivity contribution in [3.63, 3.8) is 0 Å². The van der Waals surface area contributed by atoms with Crippen LogP contribution in [-0.4, -0.2) is 17.2 Å². The fraction of sp³-hybridized carbons (Fsp3) is 0.167. The van der Waals surface area contributed by atoms with E-state index in [9.17, 15) is 5.11 Å². The number of nitrogens with zero attached hydrogens (tertiary/aromatic N) is 1. The van der Waals surface area contributed by atoms with E-state index in [4.69, 9.17) is 4.74 Å². The normalized spacial score (nSPS) is 10.6. The number of anilines is 1. The first-order chi connectivity index (χ1) is 10.7. The van der Waals surface area contributed by atoms with Gasteiger partial charge in [-0.05, 0) is 42.3 Å². The molecule has 2 N–H and O–H groups in total. The van der Waals surface area contributed by atoms with E-state index in [1.54, 1.807) is 19.2 Å². The molecule has 0 aliphatic carbocycles. The molecule has 0 fully saturated rings. The second kappa shape index (κ2) is 5.93. The van der Waals surface area contributed by atoms with E-state index in [-0.39, 0.29) is 5.75 Å². The summed E-state index contributed by atoms with van der Waals surface area (Å²) in [6.45, 7) is 2.71. The molecule has 1 aromatic heterocycles. The lowest BCUT2D eigenvalue weighted by molar-refractivity contribution is 0.415. The van der Waals surface area contributed by atoms with Gasteiger partial charge in [0.1, 0.15) is 11.5 Å². The van der Waals surface area contributed by atoms with Gasteiger partial charge >= 0.3 is 0 Å². The molecule has 22 heavy (non-hydrogen) atoms. The highest BCUT2D eigenvalue weighted by Crippen LogP contribution is 2.30. The zero-order valence-corrected chi connectivity index (χ0v) is 12.6. The Labute approximate surface area is 129 Å². The van der Waals surface area contributed by atoms with Crippen molar-refractivity contribution >= 4 is 16.6 Å². The van der Waals surface area contributed by atoms with Crippen LogP contribution in [0.1, 0.15) is 11.1 Å². The average molecular weight is 294 g/mol. The Hall–Kier alpha value is -2.75. The number of benzene rings is 2. The highest BCUT2D eigenvalue weighted by molar-refractivity contribution is 5.93. The highest BCUT2D eigenvalue weighted by atomic mass is 16.5. The fourth-order valence-corrected chi connectivity index (χ4v) is 2.42. The van der Waals surface area contributed by atoms with Gasteiger partial charge in [0.25, 0.3) is 0 Å². The molecule has 112 valence electrons. The van der Waals surface area contributed by atoms with Crippen molar-refractivity contribution in [1.29, 1.82) is 0 Å². The molecule has 0 radical (unpaired) electrons. The zero-order chi connectivity index (χ0) is 15.5. The molecule has 2 aromatic carbocycles. The summed E-state index contributed by atoms with van der Waals surface area (Å²) < 4.78 is 5.38. The minimum atomic E-state index is 0.271. The summed E-state index contributed by atoms with van der Waals surface area (Å²) in [4.78, 5) is 4.49. The lowest BCUT2D eigenvalue weighted by atomic mass is 10.1. The molecular formula is C18H18N2O2. The van der Waals surface area contributed by atoms with E-state index < -0.39 is 0 Å². The third-order valence-electron chi connectivity index (χ3n) is 3.69. The lowest BCUT2D eigenvalue weighted by Gasteiger charge is -2.13. The van der Waals surface area contributed by atoms with Crippen molar-refractivity contribution in [2.45, 2.75) is 13.5 Å². The van der Waals surface area contributed by atoms with Gasteiger partial charge in [0.15, 0.2) is 0 Å². The number of phenols is 1. The van der Waals surface area contributed by atoms with Gasteiger partial charge in [-0.15, -0.1) is 0 Å². The first kappa shape index (κ1) is 14.2. The summed E-state index contributed by atoms with van der Waals surface area (Å²) in [5.41, 5.74) is 4.11. The van der Waals surface area contributed by atoms with Gasteiger partial charge in [-0.25, -0.2) is 0 Å². The highest BCUT2D eigenvalue weighted by Gasteiger charge is 2.08. The van der Waals surface area contributed by atoms with Gasteiger partial charge in [-0.1, -0.05) is 12.1 Å². The van der Waals surface area contributed by atoms with Gasteiger partial charge in [-0.3, -0.25) is 4.98 Å². The Kier molecular flexibility index (Phi) is 3.83. The summed E-state index contributed by atoms with van der Waals surface area (Å²) in [6, 6.07) is 13.1. The minimum absolute atomic E-state index is 0.271. The third-order valence-corrected chi connectivity index (χ3v) is 3.69. The van der Waals surface area contributed by atoms with Crippen molar-refractivity contribution in [1.82, 2.24) is 4.98 Å². The quantitative estimate of drug-likeness (QED) is 0.767. The number of ether oxygens (including phenoxy) is 1. The molecule has 0 aliphatic heterocycles. The number of hydrogen-bond donors (Lipinski definition) is 2. The van der Waals surface area contributed by atoms with Gasteiger partial charge < -0.3 is 15.2 Å². The summed E-state index contributed by atoms with van der Waals surface area (Å²) in [6.07, 6.45) is 1.82. The lowest BCUT2D eigenvalue weighted by Crippen LogP contribution is -2.01. The van der Waals surface area contributed by atoms with E-state index in [2.05, 4.69) is 17.2 Å². The number of rotatable bonds is 4. The van der Waals surface area contributed by atoms with E-state index in [1.807, 2.05) is 36.5 Å². The maximum absolute atomic E-state index is 9.34. The van der Waals surface area contributed by atoms with Crippen molar-refractivity contribution in [3.05, 3.63) is 59.8 Å². The number of fused-ring (bicyclic) bond motifs is 1. The second-order valence-corrected chi connectivity index (χ2v) is 5.22. The average Bonchev–Trinajstić information content (AvgIpc) is 2.54. The third kappa shape index (κ3) is 2.81. The molecule has 3 aromatic rings. The van der Waals surface area contributed by atoms with E-state index in [0.29, 0.717) is 6.54 Å². The van der Waals surface area contributed by atoms with E-state index >= 15 is 0 Å². The van der Waals surface area contributed by atoms with E-state index in [1.165, 1.54) is 0 Å². The molecule has 1 heterocycles. The van der Waals surface area contributed by atoms with Gasteiger partial charge in [0, 0.05) is 24.2 Å². The largest absolute Gasteiger partial charge is 0.508 e. The predicted octanol–water partition coefficient (Wildman–Crippen LogP) is 3.87. The molecule has 0 saturated heterocycles. The van der Waals surface area contributed by atoms with Gasteiger partial charge in [0.2, 0.25) is 0 Å². The Morgan fingerprint density at radius 3 is 2.64 bits per heavy atom. The molecule has 0 atom stereocenters. The molecule has 0 saturated carbocycles. The van der Waals surface area contributed by atoms with Crippen LogP contribution in [0.2, 0.25) is 0 Å². The number of aromatic nitrogens is 1. The zero-order valence-electron chi connectivity index (χ0n) is 12.6. The molecule has 0 aliphatic rings. The van der Waals surface area contributed by atoms with Crippen LogP contribution in [0.3, 0.4) is 0 Å². The number of methoxy groups -OCH3 is 1. The first-order valence-corrected chi connectivity index (χ1v) is 7.12.